The van der Waals surface area contributed by atoms with Crippen molar-refractivity contribution in [3.05, 3.63) is 30.3 Å². The van der Waals surface area contributed by atoms with Crippen molar-refractivity contribution in [1.82, 2.24) is 4.72 Å². The number of amides is 1. The molecule has 2 aromatic rings. The number of esters is 1. The van der Waals surface area contributed by atoms with Crippen molar-refractivity contribution in [2.75, 3.05) is 5.32 Å². The minimum Gasteiger partial charge on any atom is -0.426 e. The van der Waals surface area contributed by atoms with Gasteiger partial charge >= 0.3 is 5.97 Å². The smallest absolute Gasteiger partial charge is 0.308 e. The molecule has 5 nitrogen and oxygen atoms in total. The third-order valence-corrected chi connectivity index (χ3v) is 4.94. The van der Waals surface area contributed by atoms with Crippen LogP contribution in [0.5, 0.6) is 5.75 Å². The molecule has 3 rings (SSSR count). The summed E-state index contributed by atoms with van der Waals surface area (Å²) in [7, 11) is 0. The molecule has 0 unspecified atom stereocenters. The Balaban J connectivity index is 1.97. The molecule has 1 amide bonds. The molecule has 1 fully saturated rings. The van der Waals surface area contributed by atoms with Gasteiger partial charge < -0.3 is 10.1 Å². The predicted octanol–water partition coefficient (Wildman–Crippen LogP) is 3.87. The number of nitrogens with one attached hydrogen (secondary N) is 2. The van der Waals surface area contributed by atoms with Crippen molar-refractivity contribution in [1.29, 1.82) is 0 Å². The predicted molar refractivity (Wildman–Crippen MR) is 96.2 cm³/mol. The summed E-state index contributed by atoms with van der Waals surface area (Å²) in [6.45, 7) is 5.05. The highest BCUT2D eigenvalue weighted by Gasteiger charge is 2.37. The molecule has 0 aliphatic heterocycles. The first kappa shape index (κ1) is 16.8. The van der Waals surface area contributed by atoms with Gasteiger partial charge in [0.05, 0.1) is 0 Å². The van der Waals surface area contributed by atoms with E-state index in [-0.39, 0.29) is 17.4 Å². The van der Waals surface area contributed by atoms with Crippen LogP contribution in [0.2, 0.25) is 0 Å². The van der Waals surface area contributed by atoms with E-state index >= 15 is 0 Å². The van der Waals surface area contributed by atoms with E-state index in [1.807, 2.05) is 24.3 Å². The quantitative estimate of drug-likeness (QED) is 0.489. The Bertz CT molecular complexity index is 815. The normalized spacial score (nSPS) is 15.1. The minimum atomic E-state index is -0.355. The topological polar surface area (TPSA) is 67.4 Å². The number of anilines is 1. The first-order valence-corrected chi connectivity index (χ1v) is 8.64. The summed E-state index contributed by atoms with van der Waals surface area (Å²) in [5.41, 5.74) is 0.909. The van der Waals surface area contributed by atoms with E-state index in [1.165, 1.54) is 25.8 Å². The molecule has 0 aromatic heterocycles. The summed E-state index contributed by atoms with van der Waals surface area (Å²) < 4.78 is 8.82. The molecule has 1 aliphatic rings. The van der Waals surface area contributed by atoms with Crippen LogP contribution in [-0.4, -0.2) is 17.4 Å². The largest absolute Gasteiger partial charge is 0.426 e. The molecule has 0 heterocycles. The Labute approximate surface area is 145 Å². The monoisotopic (exact) mass is 344 g/mol. The van der Waals surface area contributed by atoms with Gasteiger partial charge in [-0.15, -0.1) is 0 Å². The molecule has 126 valence electrons. The zero-order valence-electron chi connectivity index (χ0n) is 13.9. The molecule has 0 atom stereocenters. The fourth-order valence-electron chi connectivity index (χ4n) is 2.36. The zero-order chi connectivity index (χ0) is 17.3. The molecular formula is C18H20N2O3S. The van der Waals surface area contributed by atoms with Crippen LogP contribution < -0.4 is 14.8 Å². The number of rotatable bonds is 5. The molecule has 2 N–H and O–H groups in total. The summed E-state index contributed by atoms with van der Waals surface area (Å²) in [5, 5.41) is 4.52. The van der Waals surface area contributed by atoms with Crippen molar-refractivity contribution in [3.8, 4) is 5.75 Å². The summed E-state index contributed by atoms with van der Waals surface area (Å²) >= 11 is 1.54. The number of carbonyl (C=O) groups is 2. The Kier molecular flexibility index (Phi) is 4.51. The summed E-state index contributed by atoms with van der Waals surface area (Å²) in [4.78, 5) is 23.6. The van der Waals surface area contributed by atoms with Crippen LogP contribution in [0.25, 0.3) is 10.8 Å². The summed E-state index contributed by atoms with van der Waals surface area (Å²) in [6, 6.07) is 9.42. The van der Waals surface area contributed by atoms with E-state index in [2.05, 4.69) is 17.0 Å². The Morgan fingerprint density at radius 2 is 1.92 bits per heavy atom. The van der Waals surface area contributed by atoms with E-state index in [0.29, 0.717) is 11.4 Å². The lowest BCUT2D eigenvalue weighted by atomic mass is 10.1. The molecular weight excluding hydrogens is 324 g/mol. The van der Waals surface area contributed by atoms with E-state index < -0.39 is 0 Å². The number of hydrogen-bond donors (Lipinski definition) is 2. The molecule has 0 radical (unpaired) electrons. The van der Waals surface area contributed by atoms with Gasteiger partial charge in [-0.25, -0.2) is 0 Å². The maximum atomic E-state index is 11.4. The van der Waals surface area contributed by atoms with Gasteiger partial charge in [-0.3, -0.25) is 14.3 Å². The molecule has 0 spiro atoms. The molecule has 2 aromatic carbocycles. The van der Waals surface area contributed by atoms with Crippen LogP contribution in [-0.2, 0) is 9.59 Å². The highest BCUT2D eigenvalue weighted by molar-refractivity contribution is 7.97. The fraction of sp³-hybridized carbons (Fsp3) is 0.333. The molecule has 6 heteroatoms. The van der Waals surface area contributed by atoms with Gasteiger partial charge in [0.2, 0.25) is 5.91 Å². The van der Waals surface area contributed by atoms with Crippen molar-refractivity contribution < 1.29 is 14.3 Å². The lowest BCUT2D eigenvalue weighted by Crippen LogP contribution is -2.19. The summed E-state index contributed by atoms with van der Waals surface area (Å²) in [6.07, 6.45) is 2.33. The second-order valence-corrected chi connectivity index (χ2v) is 7.28. The van der Waals surface area contributed by atoms with Gasteiger partial charge in [0, 0.05) is 35.4 Å². The Hall–Kier alpha value is -2.05. The second kappa shape index (κ2) is 6.45. The lowest BCUT2D eigenvalue weighted by Gasteiger charge is -2.13. The van der Waals surface area contributed by atoms with Gasteiger partial charge in [0.25, 0.3) is 0 Å². The molecule has 0 saturated heterocycles. The van der Waals surface area contributed by atoms with Crippen molar-refractivity contribution in [2.24, 2.45) is 0 Å². The number of benzene rings is 2. The SMILES string of the molecule is CC(=O)Nc1ccc2c(OC(C)=O)cc(SNC3(C)CC3)cc2c1. The van der Waals surface area contributed by atoms with Gasteiger partial charge in [0.1, 0.15) is 5.75 Å². The summed E-state index contributed by atoms with van der Waals surface area (Å²) in [5.74, 6) is 0.0505. The molecule has 1 aliphatic carbocycles. The van der Waals surface area contributed by atoms with Crippen molar-refractivity contribution >= 4 is 40.3 Å². The minimum absolute atomic E-state index is 0.122. The fourth-order valence-corrected chi connectivity index (χ4v) is 3.28. The highest BCUT2D eigenvalue weighted by atomic mass is 32.2. The van der Waals surface area contributed by atoms with Crippen LogP contribution in [0.15, 0.2) is 35.2 Å². The van der Waals surface area contributed by atoms with Crippen LogP contribution in [0.4, 0.5) is 5.69 Å². The first-order chi connectivity index (χ1) is 11.3. The zero-order valence-corrected chi connectivity index (χ0v) is 14.8. The van der Waals surface area contributed by atoms with Crippen LogP contribution in [0.1, 0.15) is 33.6 Å². The molecule has 1 saturated carbocycles. The van der Waals surface area contributed by atoms with Gasteiger partial charge in [-0.05, 0) is 67.4 Å². The van der Waals surface area contributed by atoms with Crippen molar-refractivity contribution in [3.63, 3.8) is 0 Å². The molecule has 0 bridgehead atoms. The second-order valence-electron chi connectivity index (χ2n) is 6.40. The van der Waals surface area contributed by atoms with Gasteiger partial charge in [-0.2, -0.15) is 0 Å². The third-order valence-electron chi connectivity index (χ3n) is 3.88. The van der Waals surface area contributed by atoms with E-state index in [4.69, 9.17) is 4.74 Å². The average molecular weight is 344 g/mol. The maximum Gasteiger partial charge on any atom is 0.308 e. The van der Waals surface area contributed by atoms with Gasteiger partial charge in [0.15, 0.2) is 0 Å². The number of ether oxygens (including phenoxy) is 1. The van der Waals surface area contributed by atoms with E-state index in [0.717, 1.165) is 28.5 Å². The van der Waals surface area contributed by atoms with Crippen LogP contribution in [0, 0.1) is 0 Å². The number of fused-ring (bicyclic) bond motifs is 1. The molecule has 24 heavy (non-hydrogen) atoms. The lowest BCUT2D eigenvalue weighted by molar-refractivity contribution is -0.131. The maximum absolute atomic E-state index is 11.4. The van der Waals surface area contributed by atoms with Crippen LogP contribution in [0.3, 0.4) is 0 Å². The number of carbonyl (C=O) groups excluding carboxylic acids is 2. The Morgan fingerprint density at radius 3 is 2.54 bits per heavy atom. The number of hydrogen-bond acceptors (Lipinski definition) is 5. The highest BCUT2D eigenvalue weighted by Crippen LogP contribution is 2.39. The standard InChI is InChI=1S/C18H20N2O3S/c1-11(21)19-14-4-5-16-13(8-14)9-15(10-17(16)23-12(2)22)24-20-18(3)6-7-18/h4-5,8-10,20H,6-7H2,1-3H3,(H,19,21). The Morgan fingerprint density at radius 1 is 1.17 bits per heavy atom. The first-order valence-electron chi connectivity index (χ1n) is 7.82. The van der Waals surface area contributed by atoms with E-state index in [1.54, 1.807) is 6.07 Å². The average Bonchev–Trinajstić information content (AvgIpc) is 3.22. The van der Waals surface area contributed by atoms with Crippen molar-refractivity contribution in [2.45, 2.75) is 44.0 Å². The third kappa shape index (κ3) is 4.07. The van der Waals surface area contributed by atoms with Crippen LogP contribution >= 0.6 is 11.9 Å². The van der Waals surface area contributed by atoms with Gasteiger partial charge in [-0.1, -0.05) is 0 Å². The van der Waals surface area contributed by atoms with E-state index in [9.17, 15) is 9.59 Å².